The van der Waals surface area contributed by atoms with Gasteiger partial charge in [0.05, 0.1) is 10.0 Å². The van der Waals surface area contributed by atoms with E-state index < -0.39 is 0 Å². The van der Waals surface area contributed by atoms with Gasteiger partial charge in [0.1, 0.15) is 11.7 Å². The lowest BCUT2D eigenvalue weighted by molar-refractivity contribution is 0.128. The van der Waals surface area contributed by atoms with Crippen molar-refractivity contribution in [3.05, 3.63) is 69.7 Å². The van der Waals surface area contributed by atoms with E-state index in [0.29, 0.717) is 15.8 Å². The topological polar surface area (TPSA) is 56.4 Å². The van der Waals surface area contributed by atoms with Crippen LogP contribution in [0.15, 0.2) is 48.5 Å². The summed E-state index contributed by atoms with van der Waals surface area (Å²) in [7, 11) is 0. The Hall–Kier alpha value is -1.44. The number of amides is 2. The molecule has 2 fully saturated rings. The fourth-order valence-corrected chi connectivity index (χ4v) is 4.53. The number of carbonyl (C=O) groups is 1. The van der Waals surface area contributed by atoms with Crippen molar-refractivity contribution in [2.45, 2.75) is 23.3 Å². The number of rotatable bonds is 4. The number of hydrogen-bond donors (Lipinski definition) is 3. The Kier molecular flexibility index (Phi) is 5.29. The Labute approximate surface area is 166 Å². The van der Waals surface area contributed by atoms with Gasteiger partial charge in [0.2, 0.25) is 0 Å². The Bertz CT molecular complexity index is 807. The van der Waals surface area contributed by atoms with Crippen LogP contribution < -0.4 is 16.1 Å². The van der Waals surface area contributed by atoms with Crippen molar-refractivity contribution in [2.24, 2.45) is 0 Å². The molecule has 4 rings (SSSR count). The van der Waals surface area contributed by atoms with Crippen LogP contribution in [-0.4, -0.2) is 29.2 Å². The van der Waals surface area contributed by atoms with Crippen LogP contribution in [0, 0.1) is 0 Å². The SMILES string of the molecule is O=C1NC(SCc2ccc(Cl)c(Cl)c2)NC2C(c3ccccc3)CNN12. The van der Waals surface area contributed by atoms with Crippen molar-refractivity contribution in [1.82, 2.24) is 21.1 Å². The van der Waals surface area contributed by atoms with E-state index in [0.717, 1.165) is 12.1 Å². The maximum Gasteiger partial charge on any atom is 0.335 e. The molecular formula is C18H18Cl2N4OS. The molecule has 0 bridgehead atoms. The molecule has 5 nitrogen and oxygen atoms in total. The summed E-state index contributed by atoms with van der Waals surface area (Å²) in [5, 5.41) is 9.23. The molecule has 3 unspecified atom stereocenters. The summed E-state index contributed by atoms with van der Waals surface area (Å²) < 4.78 is 0. The van der Waals surface area contributed by atoms with Crippen molar-refractivity contribution in [3.8, 4) is 0 Å². The van der Waals surface area contributed by atoms with Crippen molar-refractivity contribution in [1.29, 1.82) is 0 Å². The molecule has 2 saturated heterocycles. The predicted octanol–water partition coefficient (Wildman–Crippen LogP) is 3.75. The zero-order chi connectivity index (χ0) is 18.1. The van der Waals surface area contributed by atoms with Gasteiger partial charge in [-0.1, -0.05) is 59.6 Å². The number of nitrogens with zero attached hydrogens (tertiary/aromatic N) is 1. The van der Waals surface area contributed by atoms with Crippen LogP contribution in [0.1, 0.15) is 17.0 Å². The van der Waals surface area contributed by atoms with Crippen LogP contribution in [0.2, 0.25) is 10.0 Å². The number of urea groups is 1. The highest BCUT2D eigenvalue weighted by Gasteiger charge is 2.43. The summed E-state index contributed by atoms with van der Waals surface area (Å²) >= 11 is 13.7. The van der Waals surface area contributed by atoms with E-state index in [1.165, 1.54) is 5.56 Å². The van der Waals surface area contributed by atoms with E-state index in [4.69, 9.17) is 23.2 Å². The first-order chi connectivity index (χ1) is 12.6. The van der Waals surface area contributed by atoms with Crippen LogP contribution in [0.4, 0.5) is 4.79 Å². The Morgan fingerprint density at radius 1 is 1.12 bits per heavy atom. The van der Waals surface area contributed by atoms with Gasteiger partial charge in [0.15, 0.2) is 0 Å². The van der Waals surface area contributed by atoms with Gasteiger partial charge in [0, 0.05) is 18.2 Å². The van der Waals surface area contributed by atoms with Crippen LogP contribution in [0.5, 0.6) is 0 Å². The zero-order valence-corrected chi connectivity index (χ0v) is 16.1. The summed E-state index contributed by atoms with van der Waals surface area (Å²) in [6.07, 6.45) is -0.0857. The van der Waals surface area contributed by atoms with Gasteiger partial charge in [0.25, 0.3) is 0 Å². The second kappa shape index (κ2) is 7.66. The number of benzene rings is 2. The summed E-state index contributed by atoms with van der Waals surface area (Å²) in [6.45, 7) is 0.722. The van der Waals surface area contributed by atoms with E-state index >= 15 is 0 Å². The zero-order valence-electron chi connectivity index (χ0n) is 13.8. The molecule has 0 saturated carbocycles. The third-order valence-corrected chi connectivity index (χ3v) is 6.39. The van der Waals surface area contributed by atoms with Crippen molar-refractivity contribution >= 4 is 41.0 Å². The second-order valence-corrected chi connectivity index (χ2v) is 8.16. The minimum Gasteiger partial charge on any atom is -0.312 e. The molecule has 2 aromatic carbocycles. The summed E-state index contributed by atoms with van der Waals surface area (Å²) in [5.74, 6) is 0.917. The molecule has 3 atom stereocenters. The van der Waals surface area contributed by atoms with Gasteiger partial charge in [-0.25, -0.2) is 15.2 Å². The highest BCUT2D eigenvalue weighted by atomic mass is 35.5. The molecule has 0 aliphatic carbocycles. The van der Waals surface area contributed by atoms with E-state index in [9.17, 15) is 4.79 Å². The Morgan fingerprint density at radius 2 is 1.92 bits per heavy atom. The van der Waals surface area contributed by atoms with Crippen LogP contribution in [-0.2, 0) is 5.75 Å². The second-order valence-electron chi connectivity index (χ2n) is 6.25. The molecule has 0 aromatic heterocycles. The van der Waals surface area contributed by atoms with Crippen molar-refractivity contribution < 1.29 is 4.79 Å². The first kappa shape index (κ1) is 17.9. The maximum absolute atomic E-state index is 12.4. The molecule has 136 valence electrons. The third kappa shape index (κ3) is 3.66. The number of hydrazine groups is 1. The van der Waals surface area contributed by atoms with Gasteiger partial charge in [-0.05, 0) is 23.3 Å². The molecule has 0 radical (unpaired) electrons. The molecule has 26 heavy (non-hydrogen) atoms. The third-order valence-electron chi connectivity index (χ3n) is 4.56. The minimum absolute atomic E-state index is 0.0857. The monoisotopic (exact) mass is 408 g/mol. The van der Waals surface area contributed by atoms with Crippen molar-refractivity contribution in [3.63, 3.8) is 0 Å². The number of nitrogens with one attached hydrogen (secondary N) is 3. The summed E-state index contributed by atoms with van der Waals surface area (Å²) in [5.41, 5.74) is 5.28. The lowest BCUT2D eigenvalue weighted by Crippen LogP contribution is -2.65. The van der Waals surface area contributed by atoms with E-state index in [2.05, 4.69) is 28.2 Å². The molecule has 8 heteroatoms. The number of fused-ring (bicyclic) bond motifs is 1. The average Bonchev–Trinajstić information content (AvgIpc) is 3.08. The molecule has 0 spiro atoms. The van der Waals surface area contributed by atoms with Crippen LogP contribution in [0.3, 0.4) is 0 Å². The Balaban J connectivity index is 1.44. The lowest BCUT2D eigenvalue weighted by Gasteiger charge is -2.37. The van der Waals surface area contributed by atoms with Gasteiger partial charge in [-0.2, -0.15) is 0 Å². The number of thioether (sulfide) groups is 1. The average molecular weight is 409 g/mol. The summed E-state index contributed by atoms with van der Waals surface area (Å²) in [6, 6.07) is 15.7. The first-order valence-electron chi connectivity index (χ1n) is 8.31. The normalized spacial score (nSPS) is 25.1. The Morgan fingerprint density at radius 3 is 2.69 bits per heavy atom. The minimum atomic E-state index is -0.177. The highest BCUT2D eigenvalue weighted by Crippen LogP contribution is 2.30. The quantitative estimate of drug-likeness (QED) is 0.720. The molecule has 2 aliphatic rings. The van der Waals surface area contributed by atoms with Gasteiger partial charge >= 0.3 is 6.03 Å². The van der Waals surface area contributed by atoms with E-state index in [1.54, 1.807) is 22.8 Å². The van der Waals surface area contributed by atoms with E-state index in [-0.39, 0.29) is 23.6 Å². The molecule has 2 amide bonds. The molecule has 2 heterocycles. The lowest BCUT2D eigenvalue weighted by atomic mass is 9.97. The van der Waals surface area contributed by atoms with Crippen molar-refractivity contribution in [2.75, 3.05) is 6.54 Å². The van der Waals surface area contributed by atoms with E-state index in [1.807, 2.05) is 30.3 Å². The molecular weight excluding hydrogens is 391 g/mol. The number of hydrogen-bond acceptors (Lipinski definition) is 4. The number of carbonyl (C=O) groups excluding carboxylic acids is 1. The highest BCUT2D eigenvalue weighted by molar-refractivity contribution is 7.99. The van der Waals surface area contributed by atoms with Gasteiger partial charge < -0.3 is 5.32 Å². The predicted molar refractivity (Wildman–Crippen MR) is 106 cm³/mol. The fraction of sp³-hybridized carbons (Fsp3) is 0.278. The van der Waals surface area contributed by atoms with Crippen LogP contribution >= 0.6 is 35.0 Å². The smallest absolute Gasteiger partial charge is 0.312 e. The summed E-state index contributed by atoms with van der Waals surface area (Å²) in [4.78, 5) is 12.4. The largest absolute Gasteiger partial charge is 0.335 e. The van der Waals surface area contributed by atoms with Gasteiger partial charge in [-0.3, -0.25) is 5.32 Å². The maximum atomic E-state index is 12.4. The van der Waals surface area contributed by atoms with Gasteiger partial charge in [-0.15, -0.1) is 11.8 Å². The van der Waals surface area contributed by atoms with Crippen LogP contribution in [0.25, 0.3) is 0 Å². The number of halogens is 2. The first-order valence-corrected chi connectivity index (χ1v) is 10.1. The standard InChI is InChI=1S/C18H18Cl2N4OS/c19-14-7-6-11(8-15(14)20)10-26-17-22-16-13(12-4-2-1-3-5-12)9-21-24(16)18(25)23-17/h1-8,13,16-17,21-22H,9-10H2,(H,23,25). The molecule has 3 N–H and O–H groups in total. The fourth-order valence-electron chi connectivity index (χ4n) is 3.25. The molecule has 2 aliphatic heterocycles. The molecule has 2 aromatic rings.